The molecule has 0 radical (unpaired) electrons. The largest absolute Gasteiger partial charge is 0.334 e. The van der Waals surface area contributed by atoms with Crippen LogP contribution in [0.1, 0.15) is 22.3 Å². The average Bonchev–Trinajstić information content (AvgIpc) is 2.93. The topological polar surface area (TPSA) is 32.3 Å². The highest BCUT2D eigenvalue weighted by molar-refractivity contribution is 9.10. The Bertz CT molecular complexity index is 489. The lowest BCUT2D eigenvalue weighted by molar-refractivity contribution is 0.0736. The number of aryl methyl sites for hydroxylation is 1. The number of nitrogens with zero attached hydrogens (tertiary/aromatic N) is 1. The zero-order valence-corrected chi connectivity index (χ0v) is 12.0. The van der Waals surface area contributed by atoms with Gasteiger partial charge < -0.3 is 10.2 Å². The fourth-order valence-corrected chi connectivity index (χ4v) is 3.48. The molecular weight excluding hydrogens is 292 g/mol. The van der Waals surface area contributed by atoms with Gasteiger partial charge in [0.1, 0.15) is 0 Å². The van der Waals surface area contributed by atoms with Crippen molar-refractivity contribution < 1.29 is 4.79 Å². The first-order valence-electron chi connectivity index (χ1n) is 6.44. The maximum Gasteiger partial charge on any atom is 0.255 e. The molecule has 4 heteroatoms. The van der Waals surface area contributed by atoms with Crippen molar-refractivity contribution in [3.05, 3.63) is 33.8 Å². The number of halogens is 1. The molecule has 1 aromatic carbocycles. The summed E-state index contributed by atoms with van der Waals surface area (Å²) in [7, 11) is 0. The van der Waals surface area contributed by atoms with Crippen LogP contribution >= 0.6 is 15.9 Å². The number of amides is 1. The average molecular weight is 309 g/mol. The minimum Gasteiger partial charge on any atom is -0.334 e. The molecule has 1 aromatic rings. The van der Waals surface area contributed by atoms with Gasteiger partial charge in [0.05, 0.1) is 5.56 Å². The molecule has 2 atom stereocenters. The molecule has 0 aromatic heterocycles. The molecule has 18 heavy (non-hydrogen) atoms. The predicted octanol–water partition coefficient (Wildman–Crippen LogP) is 2.19. The van der Waals surface area contributed by atoms with Crippen molar-refractivity contribution in [3.8, 4) is 0 Å². The quantitative estimate of drug-likeness (QED) is 0.862. The van der Waals surface area contributed by atoms with Crippen molar-refractivity contribution >= 4 is 21.8 Å². The molecule has 0 aliphatic carbocycles. The van der Waals surface area contributed by atoms with Crippen LogP contribution in [-0.2, 0) is 0 Å². The summed E-state index contributed by atoms with van der Waals surface area (Å²) in [6.45, 7) is 4.92. The van der Waals surface area contributed by atoms with Crippen molar-refractivity contribution in [1.29, 1.82) is 0 Å². The summed E-state index contributed by atoms with van der Waals surface area (Å²) in [5.74, 6) is 0.819. The highest BCUT2D eigenvalue weighted by Crippen LogP contribution is 2.30. The van der Waals surface area contributed by atoms with Crippen molar-refractivity contribution in [2.24, 2.45) is 5.92 Å². The zero-order chi connectivity index (χ0) is 12.7. The number of benzene rings is 1. The van der Waals surface area contributed by atoms with Crippen LogP contribution in [0.3, 0.4) is 0 Å². The molecule has 1 N–H and O–H groups in total. The molecule has 2 saturated heterocycles. The van der Waals surface area contributed by atoms with E-state index in [1.54, 1.807) is 0 Å². The van der Waals surface area contributed by atoms with Gasteiger partial charge >= 0.3 is 0 Å². The van der Waals surface area contributed by atoms with Crippen molar-refractivity contribution in [1.82, 2.24) is 10.2 Å². The van der Waals surface area contributed by atoms with Crippen molar-refractivity contribution in [2.75, 3.05) is 19.6 Å². The Balaban J connectivity index is 1.88. The fourth-order valence-electron chi connectivity index (χ4n) is 3.06. The lowest BCUT2D eigenvalue weighted by Gasteiger charge is -2.24. The van der Waals surface area contributed by atoms with Gasteiger partial charge in [-0.2, -0.15) is 0 Å². The molecule has 96 valence electrons. The molecular formula is C14H17BrN2O. The Morgan fingerprint density at radius 3 is 3.11 bits per heavy atom. The first-order chi connectivity index (χ1) is 8.66. The summed E-state index contributed by atoms with van der Waals surface area (Å²) in [5, 5.41) is 3.38. The minimum atomic E-state index is 0.168. The molecule has 0 bridgehead atoms. The maximum atomic E-state index is 12.6. The third kappa shape index (κ3) is 1.97. The van der Waals surface area contributed by atoms with E-state index in [0.717, 1.165) is 41.7 Å². The molecule has 2 fully saturated rings. The van der Waals surface area contributed by atoms with Crippen LogP contribution in [0.15, 0.2) is 22.7 Å². The second-order valence-corrected chi connectivity index (χ2v) is 6.11. The minimum absolute atomic E-state index is 0.168. The number of likely N-dealkylation sites (tertiary alicyclic amines) is 1. The Hall–Kier alpha value is -0.870. The van der Waals surface area contributed by atoms with Crippen molar-refractivity contribution in [3.63, 3.8) is 0 Å². The summed E-state index contributed by atoms with van der Waals surface area (Å²) < 4.78 is 0.896. The van der Waals surface area contributed by atoms with E-state index in [-0.39, 0.29) is 5.91 Å². The second kappa shape index (κ2) is 4.67. The second-order valence-electron chi connectivity index (χ2n) is 5.26. The van der Waals surface area contributed by atoms with Crippen LogP contribution < -0.4 is 5.32 Å². The summed E-state index contributed by atoms with van der Waals surface area (Å²) >= 11 is 3.49. The van der Waals surface area contributed by atoms with Gasteiger partial charge in [0.2, 0.25) is 0 Å². The first kappa shape index (κ1) is 12.2. The molecule has 3 nitrogen and oxygen atoms in total. The van der Waals surface area contributed by atoms with Crippen LogP contribution in [-0.4, -0.2) is 36.5 Å². The number of carbonyl (C=O) groups excluding carboxylic acids is 1. The van der Waals surface area contributed by atoms with E-state index in [2.05, 4.69) is 21.2 Å². The third-order valence-electron chi connectivity index (χ3n) is 4.06. The standard InChI is InChI=1S/C14H17BrN2O/c1-9-2-3-12(15)11(6-9)14(18)17-5-4-10-7-16-8-13(10)17/h2-3,6,10,13,16H,4-5,7-8H2,1H3/t10-,13+/m0/s1. The van der Waals surface area contributed by atoms with E-state index in [9.17, 15) is 4.79 Å². The summed E-state index contributed by atoms with van der Waals surface area (Å²) in [4.78, 5) is 14.7. The number of hydrogen-bond donors (Lipinski definition) is 1. The van der Waals surface area contributed by atoms with E-state index in [1.807, 2.05) is 30.0 Å². The van der Waals surface area contributed by atoms with E-state index in [4.69, 9.17) is 0 Å². The van der Waals surface area contributed by atoms with Crippen molar-refractivity contribution in [2.45, 2.75) is 19.4 Å². The first-order valence-corrected chi connectivity index (χ1v) is 7.24. The van der Waals surface area contributed by atoms with Gasteiger partial charge in [-0.05, 0) is 47.3 Å². The van der Waals surface area contributed by atoms with E-state index < -0.39 is 0 Å². The summed E-state index contributed by atoms with van der Waals surface area (Å²) in [6, 6.07) is 6.35. The number of nitrogens with one attached hydrogen (secondary N) is 1. The van der Waals surface area contributed by atoms with Gasteiger partial charge in [0.25, 0.3) is 5.91 Å². The summed E-state index contributed by atoms with van der Waals surface area (Å²) in [6.07, 6.45) is 1.13. The highest BCUT2D eigenvalue weighted by atomic mass is 79.9. The van der Waals surface area contributed by atoms with Gasteiger partial charge in [0, 0.05) is 30.1 Å². The Labute approximate surface area is 116 Å². The molecule has 2 aliphatic heterocycles. The van der Waals surface area contributed by atoms with Crippen LogP contribution in [0.5, 0.6) is 0 Å². The molecule has 2 heterocycles. The van der Waals surface area contributed by atoms with E-state index in [0.29, 0.717) is 12.0 Å². The normalized spacial score (nSPS) is 26.4. The van der Waals surface area contributed by atoms with Crippen LogP contribution in [0, 0.1) is 12.8 Å². The smallest absolute Gasteiger partial charge is 0.255 e. The van der Waals surface area contributed by atoms with Crippen LogP contribution in [0.4, 0.5) is 0 Å². The fraction of sp³-hybridized carbons (Fsp3) is 0.500. The number of hydrogen-bond acceptors (Lipinski definition) is 2. The van der Waals surface area contributed by atoms with Crippen LogP contribution in [0.2, 0.25) is 0 Å². The predicted molar refractivity (Wildman–Crippen MR) is 74.7 cm³/mol. The third-order valence-corrected chi connectivity index (χ3v) is 4.75. The Morgan fingerprint density at radius 2 is 2.28 bits per heavy atom. The molecule has 0 saturated carbocycles. The van der Waals surface area contributed by atoms with Gasteiger partial charge in [-0.15, -0.1) is 0 Å². The van der Waals surface area contributed by atoms with Gasteiger partial charge in [-0.1, -0.05) is 11.6 Å². The molecule has 1 amide bonds. The maximum absolute atomic E-state index is 12.6. The SMILES string of the molecule is Cc1ccc(Br)c(C(=O)N2CC[C@H]3CNC[C@H]32)c1. The van der Waals surface area contributed by atoms with Gasteiger partial charge in [-0.25, -0.2) is 0 Å². The van der Waals surface area contributed by atoms with Gasteiger partial charge in [0.15, 0.2) is 0 Å². The number of fused-ring (bicyclic) bond motifs is 1. The highest BCUT2D eigenvalue weighted by Gasteiger charge is 2.40. The molecule has 3 rings (SSSR count). The zero-order valence-electron chi connectivity index (χ0n) is 10.4. The van der Waals surface area contributed by atoms with E-state index in [1.165, 1.54) is 0 Å². The van der Waals surface area contributed by atoms with E-state index >= 15 is 0 Å². The van der Waals surface area contributed by atoms with Gasteiger partial charge in [-0.3, -0.25) is 4.79 Å². The Kier molecular flexibility index (Phi) is 3.16. The molecule has 0 spiro atoms. The molecule has 0 unspecified atom stereocenters. The molecule has 2 aliphatic rings. The number of rotatable bonds is 1. The Morgan fingerprint density at radius 1 is 1.44 bits per heavy atom. The lowest BCUT2D eigenvalue weighted by atomic mass is 10.0. The number of carbonyl (C=O) groups is 1. The monoisotopic (exact) mass is 308 g/mol. The summed E-state index contributed by atoms with van der Waals surface area (Å²) in [5.41, 5.74) is 1.92. The lowest BCUT2D eigenvalue weighted by Crippen LogP contribution is -2.39. The van der Waals surface area contributed by atoms with Crippen LogP contribution in [0.25, 0.3) is 0 Å².